The molecule has 1 aromatic carbocycles. The summed E-state index contributed by atoms with van der Waals surface area (Å²) in [5.41, 5.74) is 1.69. The van der Waals surface area contributed by atoms with Gasteiger partial charge in [-0.15, -0.1) is 0 Å². The quantitative estimate of drug-likeness (QED) is 0.737. The number of carbonyl (C=O) groups excluding carboxylic acids is 1. The molecule has 7 heteroatoms. The maximum Gasteiger partial charge on any atom is 0.254 e. The summed E-state index contributed by atoms with van der Waals surface area (Å²) in [6, 6.07) is 6.25. The molecular weight excluding hydrogens is 321 g/mol. The second-order valence-corrected chi connectivity index (χ2v) is 6.22. The fourth-order valence-corrected chi connectivity index (χ4v) is 3.37. The van der Waals surface area contributed by atoms with Crippen LogP contribution in [0.25, 0.3) is 5.69 Å². The molecule has 1 unspecified atom stereocenters. The predicted molar refractivity (Wildman–Crippen MR) is 89.7 cm³/mol. The van der Waals surface area contributed by atoms with E-state index in [1.54, 1.807) is 46.4 Å². The van der Waals surface area contributed by atoms with Gasteiger partial charge in [0.1, 0.15) is 11.5 Å². The van der Waals surface area contributed by atoms with E-state index in [2.05, 4.69) is 10.2 Å². The number of rotatable bonds is 3. The maximum atomic E-state index is 14.4. The van der Waals surface area contributed by atoms with Gasteiger partial charge in [0.2, 0.25) is 0 Å². The number of nitrogens with zero attached hydrogens (tertiary/aromatic N) is 5. The van der Waals surface area contributed by atoms with Gasteiger partial charge < -0.3 is 4.90 Å². The van der Waals surface area contributed by atoms with Gasteiger partial charge in [0, 0.05) is 43.3 Å². The van der Waals surface area contributed by atoms with Crippen molar-refractivity contribution in [3.63, 3.8) is 0 Å². The highest BCUT2D eigenvalue weighted by Crippen LogP contribution is 2.33. The molecule has 0 aliphatic carbocycles. The molecule has 6 nitrogen and oxygen atoms in total. The molecule has 3 heterocycles. The SMILES string of the molecule is Cn1cc(C2CCCN2C(=O)c2ccc(-n3cccn3)c(F)c2)cn1. The van der Waals surface area contributed by atoms with E-state index in [1.165, 1.54) is 10.7 Å². The minimum atomic E-state index is -0.466. The summed E-state index contributed by atoms with van der Waals surface area (Å²) in [7, 11) is 1.86. The molecule has 25 heavy (non-hydrogen) atoms. The molecule has 0 bridgehead atoms. The normalized spacial score (nSPS) is 17.2. The zero-order valence-electron chi connectivity index (χ0n) is 13.8. The van der Waals surface area contributed by atoms with Gasteiger partial charge in [-0.05, 0) is 37.1 Å². The third kappa shape index (κ3) is 2.82. The molecule has 2 aromatic heterocycles. The van der Waals surface area contributed by atoms with Crippen molar-refractivity contribution < 1.29 is 9.18 Å². The van der Waals surface area contributed by atoms with Crippen LogP contribution in [0, 0.1) is 5.82 Å². The third-order valence-corrected chi connectivity index (χ3v) is 4.57. The Morgan fingerprint density at radius 1 is 1.32 bits per heavy atom. The smallest absolute Gasteiger partial charge is 0.254 e. The number of likely N-dealkylation sites (tertiary alicyclic amines) is 1. The second-order valence-electron chi connectivity index (χ2n) is 6.22. The number of hydrogen-bond donors (Lipinski definition) is 0. The molecule has 1 aliphatic rings. The van der Waals surface area contributed by atoms with E-state index >= 15 is 0 Å². The number of aryl methyl sites for hydroxylation is 1. The lowest BCUT2D eigenvalue weighted by molar-refractivity contribution is 0.0735. The average Bonchev–Trinajstić information content (AvgIpc) is 3.35. The first-order chi connectivity index (χ1) is 12.1. The van der Waals surface area contributed by atoms with Crippen LogP contribution in [-0.4, -0.2) is 36.9 Å². The van der Waals surface area contributed by atoms with Crippen molar-refractivity contribution in [1.29, 1.82) is 0 Å². The van der Waals surface area contributed by atoms with Gasteiger partial charge in [-0.2, -0.15) is 10.2 Å². The van der Waals surface area contributed by atoms with E-state index in [-0.39, 0.29) is 11.9 Å². The largest absolute Gasteiger partial charge is 0.331 e. The van der Waals surface area contributed by atoms with Gasteiger partial charge in [-0.3, -0.25) is 9.48 Å². The average molecular weight is 339 g/mol. The summed E-state index contributed by atoms with van der Waals surface area (Å²) in [4.78, 5) is 14.7. The molecule has 1 atom stereocenters. The van der Waals surface area contributed by atoms with Crippen LogP contribution < -0.4 is 0 Å². The molecule has 0 radical (unpaired) electrons. The van der Waals surface area contributed by atoms with E-state index in [0.717, 1.165) is 18.4 Å². The van der Waals surface area contributed by atoms with Crippen LogP contribution in [0.3, 0.4) is 0 Å². The van der Waals surface area contributed by atoms with Crippen LogP contribution in [0.2, 0.25) is 0 Å². The second kappa shape index (κ2) is 6.16. The molecule has 128 valence electrons. The minimum Gasteiger partial charge on any atom is -0.331 e. The summed E-state index contributed by atoms with van der Waals surface area (Å²) in [6.07, 6.45) is 8.79. The van der Waals surface area contributed by atoms with E-state index in [0.29, 0.717) is 17.8 Å². The molecule has 0 saturated carbocycles. The van der Waals surface area contributed by atoms with Gasteiger partial charge >= 0.3 is 0 Å². The Kier molecular flexibility index (Phi) is 3.83. The summed E-state index contributed by atoms with van der Waals surface area (Å²) in [5, 5.41) is 8.22. The van der Waals surface area contributed by atoms with E-state index in [9.17, 15) is 9.18 Å². The number of benzene rings is 1. The highest BCUT2D eigenvalue weighted by molar-refractivity contribution is 5.95. The Hall–Kier alpha value is -2.96. The molecule has 1 fully saturated rings. The summed E-state index contributed by atoms with van der Waals surface area (Å²) < 4.78 is 17.6. The van der Waals surface area contributed by atoms with E-state index < -0.39 is 5.82 Å². The zero-order valence-corrected chi connectivity index (χ0v) is 13.8. The van der Waals surface area contributed by atoms with Crippen LogP contribution in [0.4, 0.5) is 4.39 Å². The molecule has 3 aromatic rings. The van der Waals surface area contributed by atoms with Crippen LogP contribution in [-0.2, 0) is 7.05 Å². The predicted octanol–water partition coefficient (Wildman–Crippen LogP) is 2.72. The first-order valence-electron chi connectivity index (χ1n) is 8.22. The number of carbonyl (C=O) groups is 1. The van der Waals surface area contributed by atoms with Gasteiger partial charge in [-0.25, -0.2) is 9.07 Å². The Labute approximate surface area is 144 Å². The number of halogens is 1. The summed E-state index contributed by atoms with van der Waals surface area (Å²) in [6.45, 7) is 0.668. The number of amides is 1. The molecule has 0 spiro atoms. The first kappa shape index (κ1) is 15.6. The summed E-state index contributed by atoms with van der Waals surface area (Å²) >= 11 is 0. The van der Waals surface area contributed by atoms with Gasteiger partial charge in [0.15, 0.2) is 0 Å². The van der Waals surface area contributed by atoms with Crippen molar-refractivity contribution in [1.82, 2.24) is 24.5 Å². The Morgan fingerprint density at radius 3 is 2.88 bits per heavy atom. The molecular formula is C18H18FN5O. The van der Waals surface area contributed by atoms with E-state index in [4.69, 9.17) is 0 Å². The van der Waals surface area contributed by atoms with Crippen molar-refractivity contribution in [2.45, 2.75) is 18.9 Å². The fraction of sp³-hybridized carbons (Fsp3) is 0.278. The van der Waals surface area contributed by atoms with Crippen molar-refractivity contribution in [3.05, 3.63) is 66.0 Å². The first-order valence-corrected chi connectivity index (χ1v) is 8.22. The topological polar surface area (TPSA) is 56.0 Å². The summed E-state index contributed by atoms with van der Waals surface area (Å²) in [5.74, 6) is -0.621. The molecule has 0 N–H and O–H groups in total. The Bertz CT molecular complexity index is 902. The lowest BCUT2D eigenvalue weighted by atomic mass is 10.1. The van der Waals surface area contributed by atoms with Gasteiger partial charge in [-0.1, -0.05) is 0 Å². The van der Waals surface area contributed by atoms with Crippen LogP contribution >= 0.6 is 0 Å². The van der Waals surface area contributed by atoms with E-state index in [1.807, 2.05) is 13.2 Å². The number of aromatic nitrogens is 4. The minimum absolute atomic E-state index is 0.00458. The highest BCUT2D eigenvalue weighted by atomic mass is 19.1. The van der Waals surface area contributed by atoms with Crippen molar-refractivity contribution in [2.75, 3.05) is 6.54 Å². The lowest BCUT2D eigenvalue weighted by Crippen LogP contribution is -2.30. The van der Waals surface area contributed by atoms with Crippen LogP contribution in [0.15, 0.2) is 49.1 Å². The van der Waals surface area contributed by atoms with Gasteiger partial charge in [0.25, 0.3) is 5.91 Å². The van der Waals surface area contributed by atoms with Crippen molar-refractivity contribution >= 4 is 5.91 Å². The lowest BCUT2D eigenvalue weighted by Gasteiger charge is -2.24. The maximum absolute atomic E-state index is 14.4. The molecule has 4 rings (SSSR count). The molecule has 1 amide bonds. The standard InChI is InChI=1S/C18H18FN5O/c1-22-12-14(11-21-22)16-4-2-8-23(16)18(25)13-5-6-17(15(19)10-13)24-9-3-7-20-24/h3,5-7,9-12,16H,2,4,8H2,1H3. The zero-order chi connectivity index (χ0) is 17.4. The van der Waals surface area contributed by atoms with Crippen molar-refractivity contribution in [2.24, 2.45) is 7.05 Å². The fourth-order valence-electron chi connectivity index (χ4n) is 3.37. The number of hydrogen-bond acceptors (Lipinski definition) is 3. The molecule has 1 aliphatic heterocycles. The molecule has 1 saturated heterocycles. The van der Waals surface area contributed by atoms with Gasteiger partial charge in [0.05, 0.1) is 12.2 Å². The third-order valence-electron chi connectivity index (χ3n) is 4.57. The van der Waals surface area contributed by atoms with Crippen LogP contribution in [0.5, 0.6) is 0 Å². The highest BCUT2D eigenvalue weighted by Gasteiger charge is 2.31. The Morgan fingerprint density at radius 2 is 2.20 bits per heavy atom. The van der Waals surface area contributed by atoms with Crippen molar-refractivity contribution in [3.8, 4) is 5.69 Å². The Balaban J connectivity index is 1.61. The van der Waals surface area contributed by atoms with Crippen LogP contribution in [0.1, 0.15) is 34.8 Å². The monoisotopic (exact) mass is 339 g/mol.